The largest absolute Gasteiger partial charge is 0.354 e. The molecule has 3 atom stereocenters. The molecule has 4 rings (SSSR count). The first-order valence-corrected chi connectivity index (χ1v) is 11.8. The number of nitrogens with one attached hydrogen (secondary N) is 1. The van der Waals surface area contributed by atoms with Crippen molar-refractivity contribution in [3.05, 3.63) is 0 Å². The minimum atomic E-state index is -0.620. The Morgan fingerprint density at radius 2 is 1.72 bits per heavy atom. The molecule has 4 fully saturated rings. The summed E-state index contributed by atoms with van der Waals surface area (Å²) in [4.78, 5) is 24.0. The number of fused-ring (bicyclic) bond motifs is 2. The van der Waals surface area contributed by atoms with Gasteiger partial charge in [-0.2, -0.15) is 9.78 Å². The summed E-state index contributed by atoms with van der Waals surface area (Å²) in [5.74, 6) is 1.32. The van der Waals surface area contributed by atoms with Gasteiger partial charge in [0, 0.05) is 37.3 Å². The van der Waals surface area contributed by atoms with Gasteiger partial charge in [-0.3, -0.25) is 4.79 Å². The predicted octanol–water partition coefficient (Wildman–Crippen LogP) is 4.03. The molecule has 6 nitrogen and oxygen atoms in total. The van der Waals surface area contributed by atoms with Crippen LogP contribution in [0.15, 0.2) is 0 Å². The summed E-state index contributed by atoms with van der Waals surface area (Å²) in [7, 11) is 0. The summed E-state index contributed by atoms with van der Waals surface area (Å²) in [6, 6.07) is 0. The number of rotatable bonds is 5. The summed E-state index contributed by atoms with van der Waals surface area (Å²) in [5.41, 5.74) is 5.57. The highest BCUT2D eigenvalue weighted by molar-refractivity contribution is 5.76. The van der Waals surface area contributed by atoms with E-state index in [0.29, 0.717) is 24.8 Å². The van der Waals surface area contributed by atoms with Crippen molar-refractivity contribution in [3.63, 3.8) is 0 Å². The third kappa shape index (κ3) is 5.15. The van der Waals surface area contributed by atoms with E-state index >= 15 is 0 Å². The Kier molecular flexibility index (Phi) is 6.02. The molecule has 3 aliphatic carbocycles. The second-order valence-corrected chi connectivity index (χ2v) is 11.2. The molecule has 4 aliphatic rings. The molecule has 0 aromatic rings. The van der Waals surface area contributed by atoms with Crippen LogP contribution in [0.25, 0.3) is 0 Å². The van der Waals surface area contributed by atoms with Gasteiger partial charge in [0.25, 0.3) is 0 Å². The second-order valence-electron chi connectivity index (χ2n) is 11.2. The van der Waals surface area contributed by atoms with Crippen molar-refractivity contribution in [1.82, 2.24) is 5.32 Å². The van der Waals surface area contributed by atoms with Crippen molar-refractivity contribution in [2.45, 2.75) is 109 Å². The Balaban J connectivity index is 1.27. The zero-order valence-electron chi connectivity index (χ0n) is 18.5. The van der Waals surface area contributed by atoms with Crippen LogP contribution in [0, 0.1) is 23.7 Å². The molecule has 0 radical (unpaired) electrons. The first-order valence-electron chi connectivity index (χ1n) is 11.8. The van der Waals surface area contributed by atoms with Crippen molar-refractivity contribution in [3.8, 4) is 0 Å². The van der Waals surface area contributed by atoms with Gasteiger partial charge in [0.2, 0.25) is 17.5 Å². The van der Waals surface area contributed by atoms with Gasteiger partial charge in [-0.1, -0.05) is 19.3 Å². The van der Waals surface area contributed by atoms with Crippen molar-refractivity contribution in [2.24, 2.45) is 29.4 Å². The van der Waals surface area contributed by atoms with Crippen LogP contribution in [-0.4, -0.2) is 29.6 Å². The fraction of sp³-hybridized carbons (Fsp3) is 0.957. The molecule has 1 spiro atoms. The minimum absolute atomic E-state index is 0.0903. The molecule has 1 aliphatic heterocycles. The van der Waals surface area contributed by atoms with Crippen molar-refractivity contribution < 1.29 is 19.3 Å². The normalized spacial score (nSPS) is 42.8. The van der Waals surface area contributed by atoms with E-state index in [4.69, 9.17) is 20.2 Å². The molecule has 2 bridgehead atoms. The number of hydrogen-bond acceptors (Lipinski definition) is 5. The highest BCUT2D eigenvalue weighted by Crippen LogP contribution is 2.53. The maximum Gasteiger partial charge on any atom is 0.220 e. The number of amides is 1. The second kappa shape index (κ2) is 8.10. The molecular formula is C23H40N2O4. The molecular weight excluding hydrogens is 368 g/mol. The third-order valence-electron chi connectivity index (χ3n) is 7.70. The summed E-state index contributed by atoms with van der Waals surface area (Å²) < 4.78 is 6.57. The summed E-state index contributed by atoms with van der Waals surface area (Å²) >= 11 is 0. The van der Waals surface area contributed by atoms with E-state index in [2.05, 4.69) is 12.2 Å². The van der Waals surface area contributed by atoms with Gasteiger partial charge in [-0.15, -0.1) is 0 Å². The lowest BCUT2D eigenvalue weighted by atomic mass is 9.66. The molecule has 166 valence electrons. The maximum absolute atomic E-state index is 12.2. The summed E-state index contributed by atoms with van der Waals surface area (Å²) in [5, 5.41) is 2.96. The fourth-order valence-corrected chi connectivity index (χ4v) is 6.04. The van der Waals surface area contributed by atoms with Gasteiger partial charge < -0.3 is 15.8 Å². The van der Waals surface area contributed by atoms with Crippen molar-refractivity contribution >= 4 is 5.91 Å². The number of carbonyl (C=O) groups excluding carboxylic acids is 1. The van der Waals surface area contributed by atoms with Gasteiger partial charge in [-0.25, -0.2) is 0 Å². The molecule has 0 aromatic heterocycles. The zero-order chi connectivity index (χ0) is 20.7. The fourth-order valence-electron chi connectivity index (χ4n) is 6.04. The lowest BCUT2D eigenvalue weighted by Crippen LogP contribution is -2.46. The van der Waals surface area contributed by atoms with Crippen LogP contribution in [0.3, 0.4) is 0 Å². The Morgan fingerprint density at radius 1 is 1.07 bits per heavy atom. The average molecular weight is 409 g/mol. The highest BCUT2D eigenvalue weighted by Gasteiger charge is 2.56. The van der Waals surface area contributed by atoms with Crippen LogP contribution in [0.4, 0.5) is 0 Å². The van der Waals surface area contributed by atoms with Crippen LogP contribution in [0.5, 0.6) is 0 Å². The average Bonchev–Trinajstić information content (AvgIpc) is 2.99. The van der Waals surface area contributed by atoms with Gasteiger partial charge in [0.05, 0.1) is 0 Å². The molecule has 29 heavy (non-hydrogen) atoms. The number of nitrogens with two attached hydrogens (primary N) is 1. The first-order chi connectivity index (χ1) is 13.6. The number of ether oxygens (including phenoxy) is 1. The quantitative estimate of drug-likeness (QED) is 0.671. The molecule has 6 heteroatoms. The van der Waals surface area contributed by atoms with E-state index in [0.717, 1.165) is 37.5 Å². The van der Waals surface area contributed by atoms with E-state index in [9.17, 15) is 4.79 Å². The Labute approximate surface area is 175 Å². The van der Waals surface area contributed by atoms with E-state index < -0.39 is 11.6 Å². The molecule has 1 heterocycles. The van der Waals surface area contributed by atoms with E-state index in [1.807, 2.05) is 13.8 Å². The monoisotopic (exact) mass is 408 g/mol. The SMILES string of the molecule is CC(C)(N)CNC(=O)C[C@H]1CC[C@@]2(CC1)OO[C@@](C)(C1CC3CCCC(C3)C1)O2. The Bertz CT molecular complexity index is 584. The molecule has 0 aromatic carbocycles. The topological polar surface area (TPSA) is 82.8 Å². The van der Waals surface area contributed by atoms with E-state index in [1.54, 1.807) is 0 Å². The molecule has 3 saturated carbocycles. The standard InChI is InChI=1S/C23H40N2O4/c1-21(2,24)15-25-20(26)14-16-7-9-23(10-8-16)27-22(3,28-29-23)19-12-17-5-4-6-18(11-17)13-19/h16-19H,4-15,24H2,1-3H3,(H,25,26)/t16-,17?,18?,19?,22-,23-/m0/s1. The molecule has 1 amide bonds. The predicted molar refractivity (Wildman–Crippen MR) is 110 cm³/mol. The number of hydrogen-bond donors (Lipinski definition) is 2. The van der Waals surface area contributed by atoms with Crippen LogP contribution in [0.2, 0.25) is 0 Å². The van der Waals surface area contributed by atoms with Crippen LogP contribution in [-0.2, 0) is 19.3 Å². The van der Waals surface area contributed by atoms with Gasteiger partial charge in [0.1, 0.15) is 0 Å². The number of carbonyl (C=O) groups is 1. The first kappa shape index (κ1) is 21.5. The van der Waals surface area contributed by atoms with Gasteiger partial charge in [-0.05, 0) is 70.6 Å². The smallest absolute Gasteiger partial charge is 0.220 e. The zero-order valence-corrected chi connectivity index (χ0v) is 18.5. The van der Waals surface area contributed by atoms with Crippen molar-refractivity contribution in [1.29, 1.82) is 0 Å². The molecule has 3 N–H and O–H groups in total. The van der Waals surface area contributed by atoms with Crippen LogP contribution in [0.1, 0.15) is 91.4 Å². The lowest BCUT2D eigenvalue weighted by molar-refractivity contribution is -0.362. The highest BCUT2D eigenvalue weighted by atomic mass is 17.3. The maximum atomic E-state index is 12.2. The summed E-state index contributed by atoms with van der Waals surface area (Å²) in [6.07, 6.45) is 11.9. The van der Waals surface area contributed by atoms with Crippen LogP contribution >= 0.6 is 0 Å². The van der Waals surface area contributed by atoms with E-state index in [-0.39, 0.29) is 11.4 Å². The minimum Gasteiger partial charge on any atom is -0.354 e. The van der Waals surface area contributed by atoms with Crippen LogP contribution < -0.4 is 11.1 Å². The Morgan fingerprint density at radius 3 is 2.34 bits per heavy atom. The molecule has 1 saturated heterocycles. The summed E-state index contributed by atoms with van der Waals surface area (Å²) in [6.45, 7) is 6.43. The van der Waals surface area contributed by atoms with Gasteiger partial charge in [0.15, 0.2) is 0 Å². The van der Waals surface area contributed by atoms with Gasteiger partial charge >= 0.3 is 0 Å². The molecule has 2 unspecified atom stereocenters. The van der Waals surface area contributed by atoms with Crippen molar-refractivity contribution in [2.75, 3.05) is 6.54 Å². The Hall–Kier alpha value is -0.690. The van der Waals surface area contributed by atoms with E-state index in [1.165, 1.54) is 38.5 Å². The third-order valence-corrected chi connectivity index (χ3v) is 7.70. The lowest BCUT2D eigenvalue weighted by Gasteiger charge is -2.44.